The van der Waals surface area contributed by atoms with Crippen molar-refractivity contribution in [2.24, 2.45) is 0 Å². The molecule has 0 saturated carbocycles. The van der Waals surface area contributed by atoms with Gasteiger partial charge in [0.25, 0.3) is 5.91 Å². The molecule has 5 heteroatoms. The van der Waals surface area contributed by atoms with Gasteiger partial charge in [-0.25, -0.2) is 0 Å². The minimum atomic E-state index is -0.350. The summed E-state index contributed by atoms with van der Waals surface area (Å²) in [5.74, 6) is -0.350. The van der Waals surface area contributed by atoms with Gasteiger partial charge < -0.3 is 10.6 Å². The maximum absolute atomic E-state index is 11.8. The Morgan fingerprint density at radius 3 is 2.85 bits per heavy atom. The Morgan fingerprint density at radius 2 is 2.25 bits per heavy atom. The summed E-state index contributed by atoms with van der Waals surface area (Å²) in [6.45, 7) is 4.62. The van der Waals surface area contributed by atoms with E-state index in [2.05, 4.69) is 26.6 Å². The first kappa shape index (κ1) is 16.3. The quantitative estimate of drug-likeness (QED) is 0.475. The van der Waals surface area contributed by atoms with Crippen molar-refractivity contribution in [2.45, 2.75) is 26.7 Å². The van der Waals surface area contributed by atoms with Crippen molar-refractivity contribution < 1.29 is 4.79 Å². The van der Waals surface area contributed by atoms with Crippen LogP contribution in [0.2, 0.25) is 0 Å². The molecule has 0 heterocycles. The number of carbonyl (C=O) groups is 1. The van der Waals surface area contributed by atoms with Crippen LogP contribution in [0.15, 0.2) is 34.4 Å². The second-order valence-corrected chi connectivity index (χ2v) is 5.26. The van der Waals surface area contributed by atoms with Gasteiger partial charge in [-0.3, -0.25) is 4.79 Å². The van der Waals surface area contributed by atoms with Crippen LogP contribution in [0.25, 0.3) is 0 Å². The van der Waals surface area contributed by atoms with E-state index in [0.717, 1.165) is 28.6 Å². The molecule has 20 heavy (non-hydrogen) atoms. The van der Waals surface area contributed by atoms with Gasteiger partial charge in [0.1, 0.15) is 11.6 Å². The smallest absolute Gasteiger partial charge is 0.263 e. The number of rotatable bonds is 6. The number of hydrogen-bond acceptors (Lipinski definition) is 3. The molecule has 0 saturated heterocycles. The second-order valence-electron chi connectivity index (χ2n) is 4.41. The fraction of sp³-hybridized carbons (Fsp3) is 0.333. The highest BCUT2D eigenvalue weighted by Gasteiger charge is 2.08. The van der Waals surface area contributed by atoms with Crippen molar-refractivity contribution in [3.63, 3.8) is 0 Å². The summed E-state index contributed by atoms with van der Waals surface area (Å²) in [6.07, 6.45) is 3.33. The van der Waals surface area contributed by atoms with Crippen LogP contribution in [0.4, 0.5) is 5.69 Å². The van der Waals surface area contributed by atoms with Crippen molar-refractivity contribution in [3.05, 3.63) is 40.0 Å². The van der Waals surface area contributed by atoms with E-state index in [9.17, 15) is 4.79 Å². The van der Waals surface area contributed by atoms with E-state index >= 15 is 0 Å². The maximum atomic E-state index is 11.8. The van der Waals surface area contributed by atoms with Crippen molar-refractivity contribution in [3.8, 4) is 6.07 Å². The van der Waals surface area contributed by atoms with Gasteiger partial charge in [-0.15, -0.1) is 0 Å². The number of benzene rings is 1. The number of anilines is 1. The Kier molecular flexibility index (Phi) is 6.82. The van der Waals surface area contributed by atoms with E-state index < -0.39 is 0 Å². The zero-order valence-electron chi connectivity index (χ0n) is 11.7. The summed E-state index contributed by atoms with van der Waals surface area (Å²) in [6, 6.07) is 7.70. The fourth-order valence-electron chi connectivity index (χ4n) is 1.51. The summed E-state index contributed by atoms with van der Waals surface area (Å²) in [7, 11) is 0. The van der Waals surface area contributed by atoms with E-state index in [-0.39, 0.29) is 11.5 Å². The SMILES string of the molecule is CCCCNC(=O)/C(C#N)=C\Nc1ccc(C)cc1Br. The van der Waals surface area contributed by atoms with Crippen LogP contribution in [0, 0.1) is 18.3 Å². The lowest BCUT2D eigenvalue weighted by molar-refractivity contribution is -0.117. The summed E-state index contributed by atoms with van der Waals surface area (Å²) in [5, 5.41) is 14.7. The van der Waals surface area contributed by atoms with Crippen LogP contribution in [0.5, 0.6) is 0 Å². The van der Waals surface area contributed by atoms with Gasteiger partial charge in [-0.2, -0.15) is 5.26 Å². The van der Waals surface area contributed by atoms with Gasteiger partial charge in [0, 0.05) is 17.2 Å². The number of carbonyl (C=O) groups excluding carboxylic acids is 1. The van der Waals surface area contributed by atoms with Crippen molar-refractivity contribution in [2.75, 3.05) is 11.9 Å². The number of unbranched alkanes of at least 4 members (excludes halogenated alkanes) is 1. The molecule has 0 unspecified atom stereocenters. The largest absolute Gasteiger partial charge is 0.359 e. The summed E-state index contributed by atoms with van der Waals surface area (Å²) < 4.78 is 0.887. The number of nitriles is 1. The Balaban J connectivity index is 2.70. The fourth-order valence-corrected chi connectivity index (χ4v) is 2.12. The molecule has 1 aromatic rings. The predicted octanol–water partition coefficient (Wildman–Crippen LogP) is 3.49. The first-order valence-electron chi connectivity index (χ1n) is 6.49. The number of aryl methyl sites for hydroxylation is 1. The average molecular weight is 336 g/mol. The van der Waals surface area contributed by atoms with Gasteiger partial charge in [0.05, 0.1) is 5.69 Å². The van der Waals surface area contributed by atoms with E-state index in [1.165, 1.54) is 6.20 Å². The molecule has 0 aromatic heterocycles. The van der Waals surface area contributed by atoms with E-state index in [4.69, 9.17) is 5.26 Å². The zero-order chi connectivity index (χ0) is 15.0. The molecular weight excluding hydrogens is 318 g/mol. The number of halogens is 1. The van der Waals surface area contributed by atoms with Crippen LogP contribution in [-0.4, -0.2) is 12.5 Å². The third kappa shape index (κ3) is 5.06. The molecule has 0 aliphatic heterocycles. The molecule has 4 nitrogen and oxygen atoms in total. The van der Waals surface area contributed by atoms with Crippen molar-refractivity contribution in [1.29, 1.82) is 5.26 Å². The highest BCUT2D eigenvalue weighted by atomic mass is 79.9. The topological polar surface area (TPSA) is 64.9 Å². The predicted molar refractivity (Wildman–Crippen MR) is 84.1 cm³/mol. The van der Waals surface area contributed by atoms with Gasteiger partial charge >= 0.3 is 0 Å². The van der Waals surface area contributed by atoms with Gasteiger partial charge in [0.2, 0.25) is 0 Å². The third-order valence-electron chi connectivity index (χ3n) is 2.68. The van der Waals surface area contributed by atoms with Gasteiger partial charge in [0.15, 0.2) is 0 Å². The Hall–Kier alpha value is -1.80. The molecule has 0 aliphatic rings. The average Bonchev–Trinajstić information content (AvgIpc) is 2.42. The lowest BCUT2D eigenvalue weighted by Crippen LogP contribution is -2.25. The zero-order valence-corrected chi connectivity index (χ0v) is 13.3. The molecule has 0 aliphatic carbocycles. The summed E-state index contributed by atoms with van der Waals surface area (Å²) >= 11 is 3.43. The van der Waals surface area contributed by atoms with Gasteiger partial charge in [-0.1, -0.05) is 19.4 Å². The highest BCUT2D eigenvalue weighted by Crippen LogP contribution is 2.23. The number of hydrogen-bond donors (Lipinski definition) is 2. The van der Waals surface area contributed by atoms with Gasteiger partial charge in [-0.05, 0) is 47.0 Å². The molecule has 1 aromatic carbocycles. The summed E-state index contributed by atoms with van der Waals surface area (Å²) in [4.78, 5) is 11.8. The molecule has 0 bridgehead atoms. The van der Waals surface area contributed by atoms with Crippen LogP contribution in [-0.2, 0) is 4.79 Å². The molecule has 0 spiro atoms. The molecule has 1 amide bonds. The lowest BCUT2D eigenvalue weighted by atomic mass is 10.2. The van der Waals surface area contributed by atoms with Crippen LogP contribution < -0.4 is 10.6 Å². The molecule has 0 radical (unpaired) electrons. The van der Waals surface area contributed by atoms with Crippen LogP contribution in [0.1, 0.15) is 25.3 Å². The first-order chi connectivity index (χ1) is 9.58. The van der Waals surface area contributed by atoms with E-state index in [0.29, 0.717) is 6.54 Å². The van der Waals surface area contributed by atoms with Crippen LogP contribution >= 0.6 is 15.9 Å². The standard InChI is InChI=1S/C15H18BrN3O/c1-3-4-7-18-15(20)12(9-17)10-19-14-6-5-11(2)8-13(14)16/h5-6,8,10,19H,3-4,7H2,1-2H3,(H,18,20)/b12-10-. The Labute approximate surface area is 128 Å². The molecular formula is C15H18BrN3O. The molecule has 0 fully saturated rings. The van der Waals surface area contributed by atoms with E-state index in [1.807, 2.05) is 38.1 Å². The molecule has 1 rings (SSSR count). The number of amides is 1. The second kappa shape index (κ2) is 8.39. The monoisotopic (exact) mass is 335 g/mol. The molecule has 106 valence electrons. The minimum absolute atomic E-state index is 0.0635. The van der Waals surface area contributed by atoms with Crippen LogP contribution in [0.3, 0.4) is 0 Å². The summed E-state index contributed by atoms with van der Waals surface area (Å²) in [5.41, 5.74) is 2.00. The minimum Gasteiger partial charge on any atom is -0.359 e. The third-order valence-corrected chi connectivity index (χ3v) is 3.33. The Morgan fingerprint density at radius 1 is 1.50 bits per heavy atom. The van der Waals surface area contributed by atoms with Crippen molar-refractivity contribution in [1.82, 2.24) is 5.32 Å². The Bertz CT molecular complexity index is 547. The highest BCUT2D eigenvalue weighted by molar-refractivity contribution is 9.10. The number of nitrogens with one attached hydrogen (secondary N) is 2. The molecule has 2 N–H and O–H groups in total. The van der Waals surface area contributed by atoms with E-state index in [1.54, 1.807) is 0 Å². The lowest BCUT2D eigenvalue weighted by Gasteiger charge is -2.06. The number of nitrogens with zero attached hydrogens (tertiary/aromatic N) is 1. The van der Waals surface area contributed by atoms with Crippen molar-refractivity contribution >= 4 is 27.5 Å². The first-order valence-corrected chi connectivity index (χ1v) is 7.29. The normalized spacial score (nSPS) is 10.8. The molecule has 0 atom stereocenters. The maximum Gasteiger partial charge on any atom is 0.263 e.